The zero-order valence-electron chi connectivity index (χ0n) is 18.2. The molecule has 1 fully saturated rings. The van der Waals surface area contributed by atoms with Gasteiger partial charge < -0.3 is 15.3 Å². The van der Waals surface area contributed by atoms with Gasteiger partial charge in [-0.25, -0.2) is 4.98 Å². The second-order valence-corrected chi connectivity index (χ2v) is 9.39. The van der Waals surface area contributed by atoms with E-state index in [-0.39, 0.29) is 18.6 Å². The van der Waals surface area contributed by atoms with Gasteiger partial charge in [0.15, 0.2) is 5.13 Å². The number of carbonyl (C=O) groups is 1. The van der Waals surface area contributed by atoms with Gasteiger partial charge in [0.05, 0.1) is 17.7 Å². The number of amides is 1. The largest absolute Gasteiger partial charge is 0.395 e. The second kappa shape index (κ2) is 9.94. The van der Waals surface area contributed by atoms with E-state index in [1.165, 1.54) is 11.3 Å². The topological polar surface area (TPSA) is 77.5 Å². The predicted molar refractivity (Wildman–Crippen MR) is 134 cm³/mol. The standard InChI is InChI=1S/C25H25ClN4O2S/c1-3-25(2,18-6-8-19(26)9-7-18)22-16-33-24(28-22)29-23(32)17-4-10-21(11-5-17)30-13-12-27-20(14-30)15-31/h1,4-11,16,20,27,31H,12-15H2,2H3,(H,28,29,32)/t20?,25-/m1/s1. The molecule has 0 bridgehead atoms. The molecular formula is C25H25ClN4O2S. The first-order chi connectivity index (χ1) is 15.9. The number of hydrogen-bond acceptors (Lipinski definition) is 6. The van der Waals surface area contributed by atoms with E-state index < -0.39 is 5.41 Å². The third-order valence-corrected chi connectivity index (χ3v) is 6.93. The van der Waals surface area contributed by atoms with Crippen LogP contribution in [0, 0.1) is 12.3 Å². The number of aliphatic hydroxyl groups is 1. The van der Waals surface area contributed by atoms with Crippen LogP contribution in [0.25, 0.3) is 0 Å². The third-order valence-electron chi connectivity index (χ3n) is 5.92. The number of hydrogen-bond donors (Lipinski definition) is 3. The molecule has 0 aliphatic carbocycles. The van der Waals surface area contributed by atoms with Crippen LogP contribution in [0.1, 0.15) is 28.5 Å². The van der Waals surface area contributed by atoms with Gasteiger partial charge in [0, 0.05) is 47.3 Å². The van der Waals surface area contributed by atoms with E-state index in [1.807, 2.05) is 36.6 Å². The Labute approximate surface area is 202 Å². The molecule has 1 saturated heterocycles. The highest BCUT2D eigenvalue weighted by molar-refractivity contribution is 7.14. The average Bonchev–Trinajstić information content (AvgIpc) is 3.33. The van der Waals surface area contributed by atoms with Crippen molar-refractivity contribution in [2.45, 2.75) is 18.4 Å². The van der Waals surface area contributed by atoms with Gasteiger partial charge in [0.1, 0.15) is 0 Å². The molecule has 3 N–H and O–H groups in total. The fraction of sp³-hybridized carbons (Fsp3) is 0.280. The Bertz CT molecular complexity index is 1160. The summed E-state index contributed by atoms with van der Waals surface area (Å²) >= 11 is 7.35. The minimum atomic E-state index is -0.735. The smallest absolute Gasteiger partial charge is 0.257 e. The van der Waals surface area contributed by atoms with Gasteiger partial charge in [0.2, 0.25) is 0 Å². The number of halogens is 1. The van der Waals surface area contributed by atoms with Crippen LogP contribution in [0.3, 0.4) is 0 Å². The molecule has 170 valence electrons. The van der Waals surface area contributed by atoms with Crippen molar-refractivity contribution >= 4 is 39.7 Å². The molecule has 1 aliphatic heterocycles. The lowest BCUT2D eigenvalue weighted by Crippen LogP contribution is -2.52. The molecule has 1 unspecified atom stereocenters. The average molecular weight is 481 g/mol. The number of aliphatic hydroxyl groups excluding tert-OH is 1. The molecule has 4 rings (SSSR count). The maximum absolute atomic E-state index is 12.8. The Morgan fingerprint density at radius 1 is 1.33 bits per heavy atom. The van der Waals surface area contributed by atoms with E-state index >= 15 is 0 Å². The Balaban J connectivity index is 1.45. The fourth-order valence-corrected chi connectivity index (χ4v) is 4.76. The van der Waals surface area contributed by atoms with Crippen molar-refractivity contribution in [1.82, 2.24) is 10.3 Å². The molecule has 2 heterocycles. The summed E-state index contributed by atoms with van der Waals surface area (Å²) in [6, 6.07) is 14.9. The fourth-order valence-electron chi connectivity index (χ4n) is 3.82. The number of piperazine rings is 1. The molecule has 1 aromatic heterocycles. The van der Waals surface area contributed by atoms with E-state index in [0.717, 1.165) is 30.9 Å². The lowest BCUT2D eigenvalue weighted by Gasteiger charge is -2.34. The molecule has 3 aromatic rings. The maximum Gasteiger partial charge on any atom is 0.257 e. The Morgan fingerprint density at radius 2 is 2.06 bits per heavy atom. The number of anilines is 2. The van der Waals surface area contributed by atoms with Gasteiger partial charge in [0.25, 0.3) is 5.91 Å². The SMILES string of the molecule is C#C[C@](C)(c1ccc(Cl)cc1)c1csc(NC(=O)c2ccc(N3CCNC(CO)C3)cc2)n1. The van der Waals surface area contributed by atoms with Crippen LogP contribution in [0.15, 0.2) is 53.9 Å². The van der Waals surface area contributed by atoms with Gasteiger partial charge in [-0.1, -0.05) is 29.7 Å². The van der Waals surface area contributed by atoms with E-state index in [9.17, 15) is 9.90 Å². The lowest BCUT2D eigenvalue weighted by molar-refractivity contribution is 0.102. The summed E-state index contributed by atoms with van der Waals surface area (Å²) in [4.78, 5) is 19.6. The Hall–Kier alpha value is -2.89. The molecule has 33 heavy (non-hydrogen) atoms. The van der Waals surface area contributed by atoms with Crippen LogP contribution in [0.2, 0.25) is 5.02 Å². The molecule has 0 saturated carbocycles. The highest BCUT2D eigenvalue weighted by Crippen LogP contribution is 2.34. The van der Waals surface area contributed by atoms with Crippen LogP contribution in [0.4, 0.5) is 10.8 Å². The van der Waals surface area contributed by atoms with Crippen molar-refractivity contribution in [3.05, 3.63) is 75.8 Å². The quantitative estimate of drug-likeness (QED) is 0.468. The lowest BCUT2D eigenvalue weighted by atomic mass is 9.81. The number of aromatic nitrogens is 1. The van der Waals surface area contributed by atoms with Crippen molar-refractivity contribution in [3.63, 3.8) is 0 Å². The van der Waals surface area contributed by atoms with Crippen LogP contribution in [-0.4, -0.2) is 48.3 Å². The van der Waals surface area contributed by atoms with Crippen molar-refractivity contribution in [2.24, 2.45) is 0 Å². The van der Waals surface area contributed by atoms with E-state index in [0.29, 0.717) is 21.4 Å². The van der Waals surface area contributed by atoms with Crippen LogP contribution < -0.4 is 15.5 Å². The van der Waals surface area contributed by atoms with Crippen LogP contribution >= 0.6 is 22.9 Å². The first-order valence-electron chi connectivity index (χ1n) is 10.6. The zero-order chi connectivity index (χ0) is 23.4. The molecule has 2 atom stereocenters. The second-order valence-electron chi connectivity index (χ2n) is 8.09. The summed E-state index contributed by atoms with van der Waals surface area (Å²) in [5.74, 6) is 2.61. The number of terminal acetylenes is 1. The molecule has 0 spiro atoms. The van der Waals surface area contributed by atoms with Gasteiger partial charge in [-0.3, -0.25) is 10.1 Å². The van der Waals surface area contributed by atoms with E-state index in [1.54, 1.807) is 24.3 Å². The van der Waals surface area contributed by atoms with E-state index in [2.05, 4.69) is 26.4 Å². The number of thiazole rings is 1. The first-order valence-corrected chi connectivity index (χ1v) is 11.9. The first kappa shape index (κ1) is 23.3. The maximum atomic E-state index is 12.8. The van der Waals surface area contributed by atoms with Gasteiger partial charge in [-0.2, -0.15) is 0 Å². The summed E-state index contributed by atoms with van der Waals surface area (Å²) in [6.07, 6.45) is 5.88. The minimum Gasteiger partial charge on any atom is -0.395 e. The molecule has 6 nitrogen and oxygen atoms in total. The number of nitrogens with zero attached hydrogens (tertiary/aromatic N) is 2. The molecular weight excluding hydrogens is 456 g/mol. The monoisotopic (exact) mass is 480 g/mol. The van der Waals surface area contributed by atoms with Crippen molar-refractivity contribution in [2.75, 3.05) is 36.5 Å². The van der Waals surface area contributed by atoms with Crippen molar-refractivity contribution in [3.8, 4) is 12.3 Å². The highest BCUT2D eigenvalue weighted by atomic mass is 35.5. The zero-order valence-corrected chi connectivity index (χ0v) is 19.8. The molecule has 1 amide bonds. The Morgan fingerprint density at radius 3 is 2.73 bits per heavy atom. The van der Waals surface area contributed by atoms with Gasteiger partial charge in [-0.05, 0) is 48.9 Å². The van der Waals surface area contributed by atoms with Crippen molar-refractivity contribution < 1.29 is 9.90 Å². The number of benzene rings is 2. The van der Waals surface area contributed by atoms with E-state index in [4.69, 9.17) is 18.0 Å². The normalized spacial score (nSPS) is 17.8. The summed E-state index contributed by atoms with van der Waals surface area (Å²) in [7, 11) is 0. The van der Waals surface area contributed by atoms with Crippen molar-refractivity contribution in [1.29, 1.82) is 0 Å². The summed E-state index contributed by atoms with van der Waals surface area (Å²) in [5, 5.41) is 18.5. The third kappa shape index (κ3) is 5.05. The minimum absolute atomic E-state index is 0.0578. The van der Waals surface area contributed by atoms with Crippen LogP contribution in [-0.2, 0) is 5.41 Å². The number of rotatable bonds is 6. The highest BCUT2D eigenvalue weighted by Gasteiger charge is 2.29. The number of carbonyl (C=O) groups excluding carboxylic acids is 1. The summed E-state index contributed by atoms with van der Waals surface area (Å²) in [6.45, 7) is 4.42. The molecule has 2 aromatic carbocycles. The Kier molecular flexibility index (Phi) is 7.01. The van der Waals surface area contributed by atoms with Gasteiger partial charge >= 0.3 is 0 Å². The molecule has 1 aliphatic rings. The van der Waals surface area contributed by atoms with Gasteiger partial charge in [-0.15, -0.1) is 17.8 Å². The number of nitrogens with one attached hydrogen (secondary N) is 2. The summed E-state index contributed by atoms with van der Waals surface area (Å²) < 4.78 is 0. The van der Waals surface area contributed by atoms with Crippen LogP contribution in [0.5, 0.6) is 0 Å². The molecule has 0 radical (unpaired) electrons. The summed E-state index contributed by atoms with van der Waals surface area (Å²) in [5.41, 5.74) is 2.43. The molecule has 8 heteroatoms. The predicted octanol–water partition coefficient (Wildman–Crippen LogP) is 3.76.